The van der Waals surface area contributed by atoms with Crippen molar-refractivity contribution < 1.29 is 23.3 Å². The van der Waals surface area contributed by atoms with Crippen LogP contribution in [0.2, 0.25) is 5.02 Å². The van der Waals surface area contributed by atoms with Crippen molar-refractivity contribution in [2.75, 3.05) is 37.5 Å². The average molecular weight is 705 g/mol. The van der Waals surface area contributed by atoms with E-state index in [1.165, 1.54) is 28.5 Å². The third kappa shape index (κ3) is 6.16. The number of carbonyl (C=O) groups excluding carboxylic acids is 2. The lowest BCUT2D eigenvalue weighted by Gasteiger charge is -2.41. The Labute approximate surface area is 291 Å². The molecule has 2 aromatic carbocycles. The van der Waals surface area contributed by atoms with E-state index in [2.05, 4.69) is 48.4 Å². The van der Waals surface area contributed by atoms with Crippen molar-refractivity contribution in [3.63, 3.8) is 0 Å². The minimum absolute atomic E-state index is 0.0145. The van der Waals surface area contributed by atoms with Gasteiger partial charge in [-0.15, -0.1) is 4.36 Å². The molecule has 2 fully saturated rings. The van der Waals surface area contributed by atoms with Gasteiger partial charge >= 0.3 is 0 Å². The van der Waals surface area contributed by atoms with Crippen molar-refractivity contribution in [2.45, 2.75) is 63.0 Å². The molecule has 6 atom stereocenters. The van der Waals surface area contributed by atoms with Gasteiger partial charge in [-0.2, -0.15) is 5.10 Å². The van der Waals surface area contributed by atoms with Crippen LogP contribution in [0.4, 0.5) is 5.69 Å². The molecule has 5 aliphatic rings. The summed E-state index contributed by atoms with van der Waals surface area (Å²) in [4.78, 5) is 33.1. The van der Waals surface area contributed by atoms with Crippen LogP contribution >= 0.6 is 11.6 Å². The molecule has 0 radical (unpaired) electrons. The van der Waals surface area contributed by atoms with E-state index >= 15 is 0 Å². The molecule has 11 nitrogen and oxygen atoms in total. The summed E-state index contributed by atoms with van der Waals surface area (Å²) in [5.74, 6) is 0.654. The first-order valence-corrected chi connectivity index (χ1v) is 19.2. The molecule has 2 spiro atoms. The average Bonchev–Trinajstić information content (AvgIpc) is 3.86. The fourth-order valence-corrected chi connectivity index (χ4v) is 10.4. The van der Waals surface area contributed by atoms with Crippen molar-refractivity contribution in [3.8, 4) is 5.75 Å². The molecule has 13 heteroatoms. The summed E-state index contributed by atoms with van der Waals surface area (Å²) in [7, 11) is -1.65. The van der Waals surface area contributed by atoms with Crippen LogP contribution in [0.1, 0.15) is 60.0 Å². The molecule has 2 saturated carbocycles. The number of ether oxygens (including phenoxy) is 2. The third-order valence-electron chi connectivity index (χ3n) is 11.2. The van der Waals surface area contributed by atoms with Gasteiger partial charge in [0, 0.05) is 42.6 Å². The number of hydrogen-bond acceptors (Lipinski definition) is 8. The highest BCUT2D eigenvalue weighted by atomic mass is 35.5. The van der Waals surface area contributed by atoms with Crippen LogP contribution in [-0.4, -0.2) is 69.5 Å². The topological polar surface area (TPSA) is 128 Å². The van der Waals surface area contributed by atoms with Gasteiger partial charge in [0.15, 0.2) is 0 Å². The lowest BCUT2D eigenvalue weighted by Crippen LogP contribution is -2.47. The van der Waals surface area contributed by atoms with E-state index in [9.17, 15) is 13.8 Å². The minimum atomic E-state index is -3.42. The number of rotatable bonds is 5. The second-order valence-corrected chi connectivity index (χ2v) is 16.8. The normalized spacial score (nSPS) is 32.4. The van der Waals surface area contributed by atoms with Crippen LogP contribution < -0.4 is 14.4 Å². The lowest BCUT2D eigenvalue weighted by atomic mass is 9.70. The highest BCUT2D eigenvalue weighted by Crippen LogP contribution is 2.81. The van der Waals surface area contributed by atoms with Crippen molar-refractivity contribution >= 4 is 39.0 Å². The van der Waals surface area contributed by atoms with E-state index in [0.717, 1.165) is 49.5 Å². The Kier molecular flexibility index (Phi) is 8.31. The first-order chi connectivity index (χ1) is 23.7. The maximum Gasteiger partial charge on any atom is 0.286 e. The Hall–Kier alpha value is -3.74. The first kappa shape index (κ1) is 32.5. The van der Waals surface area contributed by atoms with Crippen molar-refractivity contribution in [2.24, 2.45) is 21.6 Å². The fraction of sp³-hybridized carbons (Fsp3) is 0.500. The quantitative estimate of drug-likeness (QED) is 0.362. The number of carbonyl (C=O) groups is 2. The SMILES string of the molecule is CO[C@H]1/C=C/CCC[S@@](=O)(NC(=O)CCn2cncn2)=NC(=O)c2ccc3c(c2)N(C[C@@]2(CCCc4cc(Cl)ccc42)CO3)C[C@@]23CC2[C@@H]13. The molecule has 0 saturated heterocycles. The Bertz CT molecular complexity index is 1940. The maximum absolute atomic E-state index is 14.2. The molecule has 258 valence electrons. The van der Waals surface area contributed by atoms with Crippen LogP contribution in [-0.2, 0) is 37.8 Å². The van der Waals surface area contributed by atoms with E-state index in [0.29, 0.717) is 42.6 Å². The number of hydrogen-bond donors (Lipinski definition) is 1. The van der Waals surface area contributed by atoms with Crippen LogP contribution in [0.5, 0.6) is 5.75 Å². The third-order valence-corrected chi connectivity index (χ3v) is 13.3. The number of fused-ring (bicyclic) bond motifs is 4. The van der Waals surface area contributed by atoms with Gasteiger partial charge in [0.1, 0.15) is 28.3 Å². The highest BCUT2D eigenvalue weighted by molar-refractivity contribution is 7.92. The summed E-state index contributed by atoms with van der Waals surface area (Å²) < 4.78 is 35.2. The monoisotopic (exact) mass is 704 g/mol. The Morgan fingerprint density at radius 2 is 2.10 bits per heavy atom. The molecule has 2 aliphatic heterocycles. The molecule has 3 aliphatic carbocycles. The summed E-state index contributed by atoms with van der Waals surface area (Å²) in [6, 6.07) is 11.6. The summed E-state index contributed by atoms with van der Waals surface area (Å²) in [6.45, 7) is 2.33. The number of benzene rings is 2. The standard InChI is InChI=1S/C36H41ClN6O5S/c1-47-31-7-3-2-4-15-49(46,40-32(44)12-14-43-23-38-22-39-43)41-34(45)25-8-11-30-29(17-25)42(20-36-18-28(36)33(31)36)19-35(21-48-30)13-5-6-24-16-26(37)9-10-27(24)35/h3,7-11,16-17,22-23,28,31,33H,2,4-6,12-15,18-21H2,1H3,(H,40,41,44,45,46)/b7-3+/t28?,31-,33-,35-,36-,49+/m0/s1. The lowest BCUT2D eigenvalue weighted by molar-refractivity contribution is -0.119. The van der Waals surface area contributed by atoms with Gasteiger partial charge < -0.3 is 14.4 Å². The fourth-order valence-electron chi connectivity index (χ4n) is 8.56. The van der Waals surface area contributed by atoms with Gasteiger partial charge in [0.2, 0.25) is 5.91 Å². The van der Waals surface area contributed by atoms with Gasteiger partial charge in [0.05, 0.1) is 30.7 Å². The smallest absolute Gasteiger partial charge is 0.286 e. The summed E-state index contributed by atoms with van der Waals surface area (Å²) in [5, 5.41) is 4.76. The number of allylic oxidation sites excluding steroid dienone is 1. The molecule has 2 amide bonds. The largest absolute Gasteiger partial charge is 0.490 e. The summed E-state index contributed by atoms with van der Waals surface area (Å²) in [6.07, 6.45) is 12.4. The van der Waals surface area contributed by atoms with Gasteiger partial charge in [-0.1, -0.05) is 29.8 Å². The van der Waals surface area contributed by atoms with E-state index < -0.39 is 21.7 Å². The van der Waals surface area contributed by atoms with Crippen LogP contribution in [0.15, 0.2) is 65.6 Å². The molecule has 3 heterocycles. The molecule has 2 bridgehead atoms. The van der Waals surface area contributed by atoms with Gasteiger partial charge in [0.25, 0.3) is 5.91 Å². The number of aryl methyl sites for hydroxylation is 2. The molecule has 1 unspecified atom stereocenters. The molecule has 49 heavy (non-hydrogen) atoms. The second kappa shape index (κ2) is 12.5. The number of halogens is 1. The van der Waals surface area contributed by atoms with Gasteiger partial charge in [-0.3, -0.25) is 19.0 Å². The number of aromatic nitrogens is 3. The number of nitrogens with zero attached hydrogens (tertiary/aromatic N) is 5. The molecule has 3 aromatic rings. The molecule has 8 rings (SSSR count). The van der Waals surface area contributed by atoms with Gasteiger partial charge in [-0.05, 0) is 97.2 Å². The highest BCUT2D eigenvalue weighted by Gasteiger charge is 2.80. The predicted octanol–water partition coefficient (Wildman–Crippen LogP) is 5.14. The Balaban J connectivity index is 1.16. The molecule has 1 N–H and O–H groups in total. The van der Waals surface area contributed by atoms with Crippen molar-refractivity contribution in [1.29, 1.82) is 0 Å². The summed E-state index contributed by atoms with van der Waals surface area (Å²) >= 11 is 6.45. The predicted molar refractivity (Wildman–Crippen MR) is 186 cm³/mol. The number of amides is 2. The van der Waals surface area contributed by atoms with Crippen LogP contribution in [0.25, 0.3) is 0 Å². The number of nitrogens with one attached hydrogen (secondary N) is 1. The Morgan fingerprint density at radius 3 is 2.92 bits per heavy atom. The molecular formula is C36H41ClN6O5S. The van der Waals surface area contributed by atoms with E-state index in [-0.39, 0.29) is 35.7 Å². The maximum atomic E-state index is 14.2. The van der Waals surface area contributed by atoms with E-state index in [4.69, 9.17) is 21.1 Å². The van der Waals surface area contributed by atoms with Crippen LogP contribution in [0, 0.1) is 17.3 Å². The van der Waals surface area contributed by atoms with Crippen LogP contribution in [0.3, 0.4) is 0 Å². The first-order valence-electron chi connectivity index (χ1n) is 17.1. The zero-order chi connectivity index (χ0) is 33.8. The zero-order valence-corrected chi connectivity index (χ0v) is 29.1. The summed E-state index contributed by atoms with van der Waals surface area (Å²) in [5.41, 5.74) is 3.60. The minimum Gasteiger partial charge on any atom is -0.490 e. The van der Waals surface area contributed by atoms with Crippen molar-refractivity contribution in [3.05, 3.63) is 82.9 Å². The van der Waals surface area contributed by atoms with E-state index in [1.54, 1.807) is 13.2 Å². The Morgan fingerprint density at radius 1 is 1.20 bits per heavy atom. The number of methoxy groups -OCH3 is 1. The number of anilines is 1. The molecule has 1 aromatic heterocycles. The zero-order valence-electron chi connectivity index (χ0n) is 27.6. The second-order valence-electron chi connectivity index (χ2n) is 14.3. The van der Waals surface area contributed by atoms with Crippen molar-refractivity contribution in [1.82, 2.24) is 19.5 Å². The molecular weight excluding hydrogens is 664 g/mol. The van der Waals surface area contributed by atoms with E-state index in [1.807, 2.05) is 18.2 Å². The van der Waals surface area contributed by atoms with Gasteiger partial charge in [-0.25, -0.2) is 9.19 Å².